The molecule has 1 radical (unpaired) electrons. The monoisotopic (exact) mass is 217 g/mol. The average molecular weight is 217 g/mol. The van der Waals surface area contributed by atoms with Crippen molar-refractivity contribution < 1.29 is 4.79 Å². The van der Waals surface area contributed by atoms with E-state index in [9.17, 15) is 4.79 Å². The quantitative estimate of drug-likeness (QED) is 0.771. The van der Waals surface area contributed by atoms with Gasteiger partial charge in [0.2, 0.25) is 0 Å². The van der Waals surface area contributed by atoms with Crippen molar-refractivity contribution in [2.24, 2.45) is 0 Å². The maximum Gasteiger partial charge on any atom is 0.312 e. The Morgan fingerprint density at radius 2 is 1.94 bits per heavy atom. The molecule has 3 heteroatoms. The second-order valence-electron chi connectivity index (χ2n) is 4.19. The third-order valence-corrected chi connectivity index (χ3v) is 3.06. The molecular formula is C13H17N2O. The van der Waals surface area contributed by atoms with Gasteiger partial charge in [0.25, 0.3) is 0 Å². The third-order valence-electron chi connectivity index (χ3n) is 3.06. The SMILES string of the molecule is O=[C]N(Cc1ccccc1)C1CCNCC1. The molecule has 3 nitrogen and oxygen atoms in total. The summed E-state index contributed by atoms with van der Waals surface area (Å²) >= 11 is 0. The number of amides is 1. The molecule has 1 heterocycles. The largest absolute Gasteiger partial charge is 0.327 e. The van der Waals surface area contributed by atoms with Crippen molar-refractivity contribution in [2.45, 2.75) is 25.4 Å². The molecule has 0 bridgehead atoms. The number of rotatable bonds is 4. The lowest BCUT2D eigenvalue weighted by Gasteiger charge is -2.31. The van der Waals surface area contributed by atoms with Crippen LogP contribution in [0.25, 0.3) is 0 Å². The minimum atomic E-state index is 0.346. The van der Waals surface area contributed by atoms with Gasteiger partial charge in [-0.05, 0) is 31.5 Å². The minimum Gasteiger partial charge on any atom is -0.327 e. The van der Waals surface area contributed by atoms with E-state index in [0.717, 1.165) is 25.9 Å². The Kier molecular flexibility index (Phi) is 3.94. The number of piperidine rings is 1. The van der Waals surface area contributed by atoms with Crippen molar-refractivity contribution >= 4 is 6.41 Å². The molecule has 1 amide bonds. The molecular weight excluding hydrogens is 200 g/mol. The molecule has 0 atom stereocenters. The van der Waals surface area contributed by atoms with Crippen LogP contribution in [-0.4, -0.2) is 30.4 Å². The molecule has 1 saturated heterocycles. The van der Waals surface area contributed by atoms with Gasteiger partial charge in [-0.1, -0.05) is 30.3 Å². The van der Waals surface area contributed by atoms with Crippen molar-refractivity contribution in [3.8, 4) is 0 Å². The summed E-state index contributed by atoms with van der Waals surface area (Å²) in [5.74, 6) is 0. The summed E-state index contributed by atoms with van der Waals surface area (Å²) < 4.78 is 0. The molecule has 1 N–H and O–H groups in total. The van der Waals surface area contributed by atoms with Crippen molar-refractivity contribution in [1.82, 2.24) is 10.2 Å². The van der Waals surface area contributed by atoms with Crippen LogP contribution in [0.5, 0.6) is 0 Å². The van der Waals surface area contributed by atoms with Crippen LogP contribution in [0.15, 0.2) is 30.3 Å². The van der Waals surface area contributed by atoms with E-state index in [-0.39, 0.29) is 0 Å². The fourth-order valence-electron chi connectivity index (χ4n) is 2.13. The Hall–Kier alpha value is -1.35. The number of nitrogens with one attached hydrogen (secondary N) is 1. The summed E-state index contributed by atoms with van der Waals surface area (Å²) in [5.41, 5.74) is 1.17. The Bertz CT molecular complexity index is 320. The number of hydrogen-bond acceptors (Lipinski definition) is 2. The van der Waals surface area contributed by atoms with E-state index in [4.69, 9.17) is 0 Å². The van der Waals surface area contributed by atoms with Crippen LogP contribution in [-0.2, 0) is 11.3 Å². The normalized spacial score (nSPS) is 17.0. The van der Waals surface area contributed by atoms with Gasteiger partial charge in [-0.3, -0.25) is 4.79 Å². The standard InChI is InChI=1S/C13H17N2O/c16-11-15(13-6-8-14-9-7-13)10-12-4-2-1-3-5-12/h1-5,13-14H,6-10H2. The first-order valence-electron chi connectivity index (χ1n) is 5.79. The first-order chi connectivity index (χ1) is 7.90. The second-order valence-corrected chi connectivity index (χ2v) is 4.19. The Morgan fingerprint density at radius 3 is 2.56 bits per heavy atom. The van der Waals surface area contributed by atoms with Crippen LogP contribution >= 0.6 is 0 Å². The van der Waals surface area contributed by atoms with Gasteiger partial charge in [0.15, 0.2) is 0 Å². The smallest absolute Gasteiger partial charge is 0.312 e. The predicted octanol–water partition coefficient (Wildman–Crippen LogP) is 1.31. The topological polar surface area (TPSA) is 32.3 Å². The van der Waals surface area contributed by atoms with Gasteiger partial charge in [0.05, 0.1) is 0 Å². The summed E-state index contributed by atoms with van der Waals surface area (Å²) in [5, 5.41) is 3.30. The molecule has 85 valence electrons. The van der Waals surface area contributed by atoms with Crippen molar-refractivity contribution in [1.29, 1.82) is 0 Å². The number of nitrogens with zero attached hydrogens (tertiary/aromatic N) is 1. The van der Waals surface area contributed by atoms with E-state index in [2.05, 4.69) is 11.7 Å². The molecule has 1 aromatic rings. The zero-order chi connectivity index (χ0) is 11.2. The van der Waals surface area contributed by atoms with Crippen molar-refractivity contribution in [2.75, 3.05) is 13.1 Å². The van der Waals surface area contributed by atoms with E-state index in [0.29, 0.717) is 12.6 Å². The molecule has 16 heavy (non-hydrogen) atoms. The van der Waals surface area contributed by atoms with Crippen molar-refractivity contribution in [3.63, 3.8) is 0 Å². The molecule has 1 aliphatic heterocycles. The summed E-state index contributed by atoms with van der Waals surface area (Å²) in [7, 11) is 0. The van der Waals surface area contributed by atoms with Crippen LogP contribution in [0, 0.1) is 0 Å². The van der Waals surface area contributed by atoms with Crippen molar-refractivity contribution in [3.05, 3.63) is 35.9 Å². The number of carbonyl (C=O) groups excluding carboxylic acids is 1. The van der Waals surface area contributed by atoms with Crippen LogP contribution in [0.3, 0.4) is 0 Å². The molecule has 2 rings (SSSR count). The summed E-state index contributed by atoms with van der Waals surface area (Å²) in [6, 6.07) is 10.4. The summed E-state index contributed by atoms with van der Waals surface area (Å²) in [4.78, 5) is 12.8. The summed E-state index contributed by atoms with van der Waals surface area (Å²) in [6.07, 6.45) is 4.14. The van der Waals surface area contributed by atoms with Gasteiger partial charge < -0.3 is 10.2 Å². The van der Waals surface area contributed by atoms with Crippen LogP contribution in [0.1, 0.15) is 18.4 Å². The lowest BCUT2D eigenvalue weighted by molar-refractivity contribution is 0.236. The molecule has 1 aromatic carbocycles. The molecule has 0 aliphatic carbocycles. The second kappa shape index (κ2) is 5.66. The first kappa shape index (κ1) is 11.1. The maximum absolute atomic E-state index is 11.0. The van der Waals surface area contributed by atoms with Gasteiger partial charge in [-0.15, -0.1) is 0 Å². The fourth-order valence-corrected chi connectivity index (χ4v) is 2.13. The average Bonchev–Trinajstić information content (AvgIpc) is 2.38. The lowest BCUT2D eigenvalue weighted by Crippen LogP contribution is -2.42. The van der Waals surface area contributed by atoms with Gasteiger partial charge in [0.1, 0.15) is 0 Å². The lowest BCUT2D eigenvalue weighted by atomic mass is 10.0. The molecule has 0 aromatic heterocycles. The highest BCUT2D eigenvalue weighted by molar-refractivity contribution is 5.49. The van der Waals surface area contributed by atoms with E-state index in [1.165, 1.54) is 5.56 Å². The van der Waals surface area contributed by atoms with E-state index in [1.54, 1.807) is 4.90 Å². The first-order valence-corrected chi connectivity index (χ1v) is 5.79. The zero-order valence-electron chi connectivity index (χ0n) is 9.36. The minimum absolute atomic E-state index is 0.346. The Labute approximate surface area is 96.5 Å². The number of benzene rings is 1. The number of hydrogen-bond donors (Lipinski definition) is 1. The van der Waals surface area contributed by atoms with Crippen LogP contribution < -0.4 is 5.32 Å². The van der Waals surface area contributed by atoms with Crippen LogP contribution in [0.2, 0.25) is 0 Å². The van der Waals surface area contributed by atoms with E-state index in [1.807, 2.05) is 30.3 Å². The maximum atomic E-state index is 11.0. The Balaban J connectivity index is 1.97. The fraction of sp³-hybridized carbons (Fsp3) is 0.462. The third kappa shape index (κ3) is 2.83. The molecule has 1 fully saturated rings. The molecule has 0 saturated carbocycles. The van der Waals surface area contributed by atoms with Gasteiger partial charge in [-0.2, -0.15) is 0 Å². The van der Waals surface area contributed by atoms with Crippen LogP contribution in [0.4, 0.5) is 0 Å². The van der Waals surface area contributed by atoms with Gasteiger partial charge in [-0.25, -0.2) is 0 Å². The van der Waals surface area contributed by atoms with E-state index >= 15 is 0 Å². The zero-order valence-corrected chi connectivity index (χ0v) is 9.36. The van der Waals surface area contributed by atoms with E-state index < -0.39 is 0 Å². The molecule has 1 aliphatic rings. The Morgan fingerprint density at radius 1 is 1.25 bits per heavy atom. The van der Waals surface area contributed by atoms with Gasteiger partial charge in [0, 0.05) is 12.6 Å². The van der Waals surface area contributed by atoms with Gasteiger partial charge >= 0.3 is 6.41 Å². The highest BCUT2D eigenvalue weighted by Gasteiger charge is 2.20. The summed E-state index contributed by atoms with van der Waals surface area (Å²) in [6.45, 7) is 2.67. The highest BCUT2D eigenvalue weighted by Crippen LogP contribution is 2.13. The predicted molar refractivity (Wildman–Crippen MR) is 63.6 cm³/mol. The molecule has 0 spiro atoms. The molecule has 0 unspecified atom stereocenters. The highest BCUT2D eigenvalue weighted by atomic mass is 16.1.